The molecule has 0 bridgehead atoms. The Kier molecular flexibility index (Phi) is 4.26. The van der Waals surface area contributed by atoms with Gasteiger partial charge in [-0.3, -0.25) is 0 Å². The molecule has 1 unspecified atom stereocenters. The third-order valence-corrected chi connectivity index (χ3v) is 4.11. The summed E-state index contributed by atoms with van der Waals surface area (Å²) >= 11 is 0. The van der Waals surface area contributed by atoms with Crippen molar-refractivity contribution in [2.75, 3.05) is 33.2 Å². The number of likely N-dealkylation sites (N-methyl/N-ethyl adjacent to an activating group) is 1. The number of piperidine rings is 1. The SMILES string of the molecule is CCCC1CN(CC2CCNCC2)C(=O)N1C. The zero-order valence-corrected chi connectivity index (χ0v) is 11.1. The number of carbonyl (C=O) groups excluding carboxylic acids is 1. The highest BCUT2D eigenvalue weighted by Crippen LogP contribution is 2.21. The van der Waals surface area contributed by atoms with E-state index in [2.05, 4.69) is 17.1 Å². The monoisotopic (exact) mass is 239 g/mol. The Hall–Kier alpha value is -0.770. The van der Waals surface area contributed by atoms with Gasteiger partial charge in [0.25, 0.3) is 0 Å². The molecule has 2 heterocycles. The van der Waals surface area contributed by atoms with Crippen LogP contribution in [-0.2, 0) is 0 Å². The second-order valence-corrected chi connectivity index (χ2v) is 5.43. The van der Waals surface area contributed by atoms with E-state index in [1.807, 2.05) is 11.9 Å². The summed E-state index contributed by atoms with van der Waals surface area (Å²) < 4.78 is 0. The molecule has 0 aromatic rings. The Labute approximate surface area is 104 Å². The van der Waals surface area contributed by atoms with Gasteiger partial charge in [-0.25, -0.2) is 4.79 Å². The van der Waals surface area contributed by atoms with Crippen LogP contribution in [0.3, 0.4) is 0 Å². The molecular formula is C13H25N3O. The van der Waals surface area contributed by atoms with Crippen molar-refractivity contribution < 1.29 is 4.79 Å². The van der Waals surface area contributed by atoms with Crippen LogP contribution in [0.5, 0.6) is 0 Å². The Balaban J connectivity index is 1.86. The minimum absolute atomic E-state index is 0.238. The third-order valence-electron chi connectivity index (χ3n) is 4.11. The molecule has 1 N–H and O–H groups in total. The van der Waals surface area contributed by atoms with Crippen LogP contribution in [-0.4, -0.2) is 55.1 Å². The van der Waals surface area contributed by atoms with Gasteiger partial charge < -0.3 is 15.1 Å². The number of carbonyl (C=O) groups is 1. The van der Waals surface area contributed by atoms with Crippen molar-refractivity contribution in [1.29, 1.82) is 0 Å². The average molecular weight is 239 g/mol. The van der Waals surface area contributed by atoms with Crippen molar-refractivity contribution in [2.24, 2.45) is 5.92 Å². The van der Waals surface area contributed by atoms with Crippen molar-refractivity contribution in [3.8, 4) is 0 Å². The van der Waals surface area contributed by atoms with Crippen LogP contribution in [0.1, 0.15) is 32.6 Å². The van der Waals surface area contributed by atoms with Gasteiger partial charge in [-0.2, -0.15) is 0 Å². The number of rotatable bonds is 4. The summed E-state index contributed by atoms with van der Waals surface area (Å²) in [6.07, 6.45) is 4.71. The molecule has 17 heavy (non-hydrogen) atoms. The highest BCUT2D eigenvalue weighted by molar-refractivity contribution is 5.76. The second-order valence-electron chi connectivity index (χ2n) is 5.43. The van der Waals surface area contributed by atoms with E-state index in [1.165, 1.54) is 12.8 Å². The van der Waals surface area contributed by atoms with Crippen LogP contribution in [0.15, 0.2) is 0 Å². The average Bonchev–Trinajstić information content (AvgIpc) is 2.60. The lowest BCUT2D eigenvalue weighted by atomic mass is 9.97. The largest absolute Gasteiger partial charge is 0.323 e. The van der Waals surface area contributed by atoms with Gasteiger partial charge in [0.2, 0.25) is 0 Å². The van der Waals surface area contributed by atoms with E-state index >= 15 is 0 Å². The maximum absolute atomic E-state index is 12.1. The van der Waals surface area contributed by atoms with E-state index < -0.39 is 0 Å². The molecular weight excluding hydrogens is 214 g/mol. The molecule has 1 atom stereocenters. The number of nitrogens with zero attached hydrogens (tertiary/aromatic N) is 2. The fourth-order valence-corrected chi connectivity index (χ4v) is 2.98. The van der Waals surface area contributed by atoms with Crippen LogP contribution in [0.25, 0.3) is 0 Å². The molecule has 2 amide bonds. The summed E-state index contributed by atoms with van der Waals surface area (Å²) in [5.74, 6) is 0.703. The normalized spacial score (nSPS) is 26.9. The quantitative estimate of drug-likeness (QED) is 0.807. The standard InChI is InChI=1S/C13H25N3O/c1-3-4-12-10-16(13(17)15(12)2)9-11-5-7-14-8-6-11/h11-12,14H,3-10H2,1-2H3. The summed E-state index contributed by atoms with van der Waals surface area (Å²) in [5.41, 5.74) is 0. The van der Waals surface area contributed by atoms with Crippen molar-refractivity contribution in [2.45, 2.75) is 38.6 Å². The van der Waals surface area contributed by atoms with E-state index in [1.54, 1.807) is 0 Å². The lowest BCUT2D eigenvalue weighted by Gasteiger charge is -2.27. The van der Waals surface area contributed by atoms with E-state index in [0.29, 0.717) is 12.0 Å². The second kappa shape index (κ2) is 5.71. The van der Waals surface area contributed by atoms with Crippen LogP contribution in [0.4, 0.5) is 4.79 Å². The molecule has 2 aliphatic heterocycles. The number of amides is 2. The molecule has 2 fully saturated rings. The van der Waals surface area contributed by atoms with Crippen LogP contribution >= 0.6 is 0 Å². The van der Waals surface area contributed by atoms with E-state index in [9.17, 15) is 4.79 Å². The van der Waals surface area contributed by atoms with Gasteiger partial charge in [-0.15, -0.1) is 0 Å². The molecule has 0 radical (unpaired) electrons. The van der Waals surface area contributed by atoms with Gasteiger partial charge >= 0.3 is 6.03 Å². The molecule has 2 aliphatic rings. The smallest absolute Gasteiger partial charge is 0.320 e. The first kappa shape index (κ1) is 12.7. The number of hydrogen-bond acceptors (Lipinski definition) is 2. The van der Waals surface area contributed by atoms with Gasteiger partial charge in [0, 0.05) is 20.1 Å². The maximum atomic E-state index is 12.1. The number of hydrogen-bond donors (Lipinski definition) is 1. The zero-order valence-electron chi connectivity index (χ0n) is 11.1. The highest BCUT2D eigenvalue weighted by Gasteiger charge is 2.34. The van der Waals surface area contributed by atoms with Gasteiger partial charge in [0.1, 0.15) is 0 Å². The number of urea groups is 1. The fourth-order valence-electron chi connectivity index (χ4n) is 2.98. The van der Waals surface area contributed by atoms with Crippen LogP contribution in [0, 0.1) is 5.92 Å². The van der Waals surface area contributed by atoms with Crippen LogP contribution < -0.4 is 5.32 Å². The van der Waals surface area contributed by atoms with Crippen molar-refractivity contribution in [1.82, 2.24) is 15.1 Å². The first-order chi connectivity index (χ1) is 8.22. The predicted octanol–water partition coefficient (Wildman–Crippen LogP) is 1.52. The first-order valence-corrected chi connectivity index (χ1v) is 6.94. The van der Waals surface area contributed by atoms with Crippen LogP contribution in [0.2, 0.25) is 0 Å². The lowest BCUT2D eigenvalue weighted by Crippen LogP contribution is -2.38. The predicted molar refractivity (Wildman–Crippen MR) is 69.0 cm³/mol. The molecule has 2 rings (SSSR count). The maximum Gasteiger partial charge on any atom is 0.320 e. The minimum Gasteiger partial charge on any atom is -0.323 e. The van der Waals surface area contributed by atoms with E-state index in [0.717, 1.165) is 39.0 Å². The summed E-state index contributed by atoms with van der Waals surface area (Å²) in [7, 11) is 1.95. The molecule has 98 valence electrons. The van der Waals surface area contributed by atoms with E-state index in [4.69, 9.17) is 0 Å². The van der Waals surface area contributed by atoms with Crippen molar-refractivity contribution in [3.63, 3.8) is 0 Å². The lowest BCUT2D eigenvalue weighted by molar-refractivity contribution is 0.184. The molecule has 0 aromatic heterocycles. The summed E-state index contributed by atoms with van der Waals surface area (Å²) in [6, 6.07) is 0.677. The van der Waals surface area contributed by atoms with Crippen molar-refractivity contribution >= 4 is 6.03 Å². The summed E-state index contributed by atoms with van der Waals surface area (Å²) in [5, 5.41) is 3.37. The molecule has 0 aromatic carbocycles. The molecule has 0 aliphatic carbocycles. The molecule has 2 saturated heterocycles. The van der Waals surface area contributed by atoms with E-state index in [-0.39, 0.29) is 6.03 Å². The van der Waals surface area contributed by atoms with Gasteiger partial charge in [0.05, 0.1) is 6.04 Å². The Morgan fingerprint density at radius 1 is 1.35 bits per heavy atom. The van der Waals surface area contributed by atoms with Gasteiger partial charge in [0.15, 0.2) is 0 Å². The summed E-state index contributed by atoms with van der Waals surface area (Å²) in [4.78, 5) is 16.1. The Morgan fingerprint density at radius 3 is 2.71 bits per heavy atom. The first-order valence-electron chi connectivity index (χ1n) is 6.94. The topological polar surface area (TPSA) is 35.6 Å². The third kappa shape index (κ3) is 2.92. The number of nitrogens with one attached hydrogen (secondary N) is 1. The molecule has 4 heteroatoms. The fraction of sp³-hybridized carbons (Fsp3) is 0.923. The minimum atomic E-state index is 0.238. The highest BCUT2D eigenvalue weighted by atomic mass is 16.2. The molecule has 4 nitrogen and oxygen atoms in total. The van der Waals surface area contributed by atoms with Gasteiger partial charge in [-0.1, -0.05) is 13.3 Å². The Morgan fingerprint density at radius 2 is 2.06 bits per heavy atom. The summed E-state index contributed by atoms with van der Waals surface area (Å²) in [6.45, 7) is 6.31. The molecule has 0 spiro atoms. The Bertz CT molecular complexity index is 263. The van der Waals surface area contributed by atoms with Gasteiger partial charge in [-0.05, 0) is 38.3 Å². The van der Waals surface area contributed by atoms with Crippen molar-refractivity contribution in [3.05, 3.63) is 0 Å². The molecule has 0 saturated carbocycles. The zero-order chi connectivity index (χ0) is 12.3.